The van der Waals surface area contributed by atoms with E-state index in [-0.39, 0.29) is 17.6 Å². The SMILES string of the molecule is C[C@@H](c1nnc(SCC(=O)NC(N)=O)n1-c1ccc(F)cc1)[NH+](C)C. The molecule has 25 heavy (non-hydrogen) atoms. The third-order valence-electron chi connectivity index (χ3n) is 3.59. The lowest BCUT2D eigenvalue weighted by Gasteiger charge is -2.18. The van der Waals surface area contributed by atoms with Gasteiger partial charge in [-0.2, -0.15) is 0 Å². The van der Waals surface area contributed by atoms with Gasteiger partial charge in [0.05, 0.1) is 19.8 Å². The van der Waals surface area contributed by atoms with Gasteiger partial charge in [-0.25, -0.2) is 9.18 Å². The molecule has 0 aliphatic rings. The van der Waals surface area contributed by atoms with E-state index in [1.807, 2.05) is 26.3 Å². The molecule has 10 heteroatoms. The Hall–Kier alpha value is -2.46. The van der Waals surface area contributed by atoms with Gasteiger partial charge in [-0.15, -0.1) is 10.2 Å². The molecule has 1 aromatic carbocycles. The minimum absolute atomic E-state index is 0.0198. The van der Waals surface area contributed by atoms with Gasteiger partial charge in [-0.05, 0) is 31.2 Å². The number of aromatic nitrogens is 3. The lowest BCUT2D eigenvalue weighted by atomic mass is 10.2. The first-order valence-corrected chi connectivity index (χ1v) is 8.51. The van der Waals surface area contributed by atoms with Crippen molar-refractivity contribution in [2.24, 2.45) is 5.73 Å². The first kappa shape index (κ1) is 18.9. The third-order valence-corrected chi connectivity index (χ3v) is 4.52. The first-order valence-electron chi connectivity index (χ1n) is 7.53. The fourth-order valence-electron chi connectivity index (χ4n) is 2.05. The summed E-state index contributed by atoms with van der Waals surface area (Å²) in [6, 6.07) is 5.05. The Morgan fingerprint density at radius 2 is 1.96 bits per heavy atom. The Labute approximate surface area is 148 Å². The molecule has 0 aliphatic carbocycles. The Bertz CT molecular complexity index is 762. The quantitative estimate of drug-likeness (QED) is 0.618. The number of carbonyl (C=O) groups is 2. The summed E-state index contributed by atoms with van der Waals surface area (Å²) in [7, 11) is 3.98. The average molecular weight is 367 g/mol. The number of imide groups is 1. The number of nitrogens with zero attached hydrogens (tertiary/aromatic N) is 3. The molecule has 0 fully saturated rings. The number of hydrogen-bond acceptors (Lipinski definition) is 5. The molecule has 1 aromatic heterocycles. The summed E-state index contributed by atoms with van der Waals surface area (Å²) in [5.41, 5.74) is 5.61. The number of quaternary nitrogens is 1. The van der Waals surface area contributed by atoms with E-state index >= 15 is 0 Å². The number of nitrogens with one attached hydrogen (secondary N) is 2. The largest absolute Gasteiger partial charge is 0.351 e. The molecule has 0 aliphatic heterocycles. The summed E-state index contributed by atoms with van der Waals surface area (Å²) in [5, 5.41) is 10.8. The van der Waals surface area contributed by atoms with Crippen LogP contribution in [0.1, 0.15) is 18.8 Å². The van der Waals surface area contributed by atoms with Crippen molar-refractivity contribution in [3.63, 3.8) is 0 Å². The van der Waals surface area contributed by atoms with Gasteiger partial charge >= 0.3 is 6.03 Å². The molecule has 0 saturated heterocycles. The smallest absolute Gasteiger partial charge is 0.318 e. The molecule has 4 N–H and O–H groups in total. The topological polar surface area (TPSA) is 107 Å². The zero-order chi connectivity index (χ0) is 18.6. The van der Waals surface area contributed by atoms with Gasteiger partial charge in [0.15, 0.2) is 11.0 Å². The van der Waals surface area contributed by atoms with Gasteiger partial charge < -0.3 is 10.6 Å². The van der Waals surface area contributed by atoms with Gasteiger partial charge in [0.25, 0.3) is 0 Å². The van der Waals surface area contributed by atoms with E-state index in [1.165, 1.54) is 12.1 Å². The van der Waals surface area contributed by atoms with Crippen molar-refractivity contribution in [2.45, 2.75) is 18.1 Å². The number of amides is 3. The number of thioether (sulfide) groups is 1. The van der Waals surface area contributed by atoms with Crippen molar-refractivity contribution in [2.75, 3.05) is 19.8 Å². The van der Waals surface area contributed by atoms with E-state index in [1.54, 1.807) is 16.7 Å². The highest BCUT2D eigenvalue weighted by Gasteiger charge is 2.24. The standard InChI is InChI=1S/C15H19FN6O2S/c1-9(21(2)3)13-19-20-15(25-8-12(23)18-14(17)24)22(13)11-6-4-10(16)5-7-11/h4-7,9H,8H2,1-3H3,(H3,17,18,23,24)/p+1/t9-/m0/s1. The highest BCUT2D eigenvalue weighted by atomic mass is 32.2. The first-order chi connectivity index (χ1) is 11.8. The van der Waals surface area contributed by atoms with E-state index in [0.717, 1.165) is 16.7 Å². The molecule has 0 radical (unpaired) electrons. The highest BCUT2D eigenvalue weighted by Crippen LogP contribution is 2.24. The predicted octanol–water partition coefficient (Wildman–Crippen LogP) is -0.101. The van der Waals surface area contributed by atoms with Crippen molar-refractivity contribution in [3.8, 4) is 5.69 Å². The Morgan fingerprint density at radius 1 is 1.32 bits per heavy atom. The normalized spacial score (nSPS) is 12.2. The van der Waals surface area contributed by atoms with Gasteiger partial charge in [0.2, 0.25) is 5.91 Å². The number of primary amides is 1. The van der Waals surface area contributed by atoms with Crippen LogP contribution < -0.4 is 16.0 Å². The summed E-state index contributed by atoms with van der Waals surface area (Å²) in [6.45, 7) is 1.99. The van der Waals surface area contributed by atoms with Crippen LogP contribution in [-0.4, -0.2) is 46.6 Å². The molecular formula is C15H20FN6O2S+. The molecule has 2 aromatic rings. The molecule has 8 nitrogen and oxygen atoms in total. The van der Waals surface area contributed by atoms with Gasteiger partial charge in [0.1, 0.15) is 11.9 Å². The van der Waals surface area contributed by atoms with E-state index in [0.29, 0.717) is 16.7 Å². The number of urea groups is 1. The maximum atomic E-state index is 13.2. The molecule has 0 spiro atoms. The van der Waals surface area contributed by atoms with Crippen LogP contribution in [0, 0.1) is 5.82 Å². The number of carbonyl (C=O) groups excluding carboxylic acids is 2. The van der Waals surface area contributed by atoms with Gasteiger partial charge in [-0.3, -0.25) is 14.7 Å². The van der Waals surface area contributed by atoms with Crippen LogP contribution in [-0.2, 0) is 4.79 Å². The Morgan fingerprint density at radius 3 is 2.52 bits per heavy atom. The van der Waals surface area contributed by atoms with E-state index < -0.39 is 11.9 Å². The number of nitrogens with two attached hydrogens (primary N) is 1. The molecule has 0 bridgehead atoms. The Kier molecular flexibility index (Phi) is 6.10. The van der Waals surface area contributed by atoms with Crippen LogP contribution >= 0.6 is 11.8 Å². The van der Waals surface area contributed by atoms with Crippen molar-refractivity contribution in [1.29, 1.82) is 0 Å². The van der Waals surface area contributed by atoms with Crippen LogP contribution in [0.3, 0.4) is 0 Å². The van der Waals surface area contributed by atoms with Gasteiger partial charge in [0, 0.05) is 5.69 Å². The lowest BCUT2D eigenvalue weighted by Crippen LogP contribution is -3.05. The fourth-order valence-corrected chi connectivity index (χ4v) is 2.81. The Balaban J connectivity index is 2.34. The van der Waals surface area contributed by atoms with Crippen molar-refractivity contribution < 1.29 is 18.9 Å². The van der Waals surface area contributed by atoms with E-state index in [2.05, 4.69) is 10.2 Å². The monoisotopic (exact) mass is 367 g/mol. The van der Waals surface area contributed by atoms with Crippen molar-refractivity contribution >= 4 is 23.7 Å². The molecule has 134 valence electrons. The number of benzene rings is 1. The van der Waals surface area contributed by atoms with Crippen LogP contribution in [0.2, 0.25) is 0 Å². The van der Waals surface area contributed by atoms with E-state index in [9.17, 15) is 14.0 Å². The summed E-state index contributed by atoms with van der Waals surface area (Å²) in [6.07, 6.45) is 0. The fraction of sp³-hybridized carbons (Fsp3) is 0.333. The minimum atomic E-state index is -0.906. The maximum absolute atomic E-state index is 13.2. The second-order valence-electron chi connectivity index (χ2n) is 5.65. The average Bonchev–Trinajstić information content (AvgIpc) is 2.96. The summed E-state index contributed by atoms with van der Waals surface area (Å²) < 4.78 is 15.0. The van der Waals surface area contributed by atoms with Crippen LogP contribution in [0.5, 0.6) is 0 Å². The van der Waals surface area contributed by atoms with Crippen LogP contribution in [0.25, 0.3) is 5.69 Å². The second-order valence-corrected chi connectivity index (χ2v) is 6.60. The molecule has 2 rings (SSSR count). The molecule has 0 unspecified atom stereocenters. The van der Waals surface area contributed by atoms with E-state index in [4.69, 9.17) is 5.73 Å². The second kappa shape index (κ2) is 8.08. The highest BCUT2D eigenvalue weighted by molar-refractivity contribution is 7.99. The van der Waals surface area contributed by atoms with Gasteiger partial charge in [-0.1, -0.05) is 11.8 Å². The third kappa shape index (κ3) is 4.77. The molecular weight excluding hydrogens is 347 g/mol. The van der Waals surface area contributed by atoms with Crippen LogP contribution in [0.15, 0.2) is 29.4 Å². The van der Waals surface area contributed by atoms with Crippen LogP contribution in [0.4, 0.5) is 9.18 Å². The minimum Gasteiger partial charge on any atom is -0.351 e. The molecule has 1 heterocycles. The predicted molar refractivity (Wildman–Crippen MR) is 91.0 cm³/mol. The van der Waals surface area contributed by atoms with Crippen molar-refractivity contribution in [3.05, 3.63) is 35.9 Å². The number of hydrogen-bond donors (Lipinski definition) is 3. The number of halogens is 1. The van der Waals surface area contributed by atoms with Crippen molar-refractivity contribution in [1.82, 2.24) is 20.1 Å². The number of rotatable bonds is 6. The zero-order valence-electron chi connectivity index (χ0n) is 14.1. The maximum Gasteiger partial charge on any atom is 0.318 e. The zero-order valence-corrected chi connectivity index (χ0v) is 14.9. The molecule has 1 atom stereocenters. The lowest BCUT2D eigenvalue weighted by molar-refractivity contribution is -0.890. The summed E-state index contributed by atoms with van der Waals surface area (Å²) >= 11 is 1.11. The molecule has 0 saturated carbocycles. The summed E-state index contributed by atoms with van der Waals surface area (Å²) in [4.78, 5) is 23.5. The summed E-state index contributed by atoms with van der Waals surface area (Å²) in [5.74, 6) is -0.242. The molecule has 3 amide bonds.